The summed E-state index contributed by atoms with van der Waals surface area (Å²) < 4.78 is 0. The molecule has 1 saturated heterocycles. The third kappa shape index (κ3) is 3.87. The second kappa shape index (κ2) is 6.95. The van der Waals surface area contributed by atoms with Gasteiger partial charge in [0.05, 0.1) is 0 Å². The lowest BCUT2D eigenvalue weighted by atomic mass is 9.87. The molecule has 0 aromatic heterocycles. The van der Waals surface area contributed by atoms with Crippen molar-refractivity contribution in [2.45, 2.75) is 70.4 Å². The number of likely N-dealkylation sites (tertiary alicyclic amines) is 1. The van der Waals surface area contributed by atoms with Crippen molar-refractivity contribution >= 4 is 12.0 Å². The Morgan fingerprint density at radius 3 is 2.60 bits per heavy atom. The van der Waals surface area contributed by atoms with E-state index in [4.69, 9.17) is 0 Å². The van der Waals surface area contributed by atoms with Gasteiger partial charge in [0, 0.05) is 12.6 Å². The fourth-order valence-electron chi connectivity index (χ4n) is 3.43. The number of aliphatic carboxylic acids is 1. The van der Waals surface area contributed by atoms with Crippen LogP contribution in [0.3, 0.4) is 0 Å². The molecule has 0 aromatic carbocycles. The van der Waals surface area contributed by atoms with E-state index in [-0.39, 0.29) is 12.1 Å². The van der Waals surface area contributed by atoms with Crippen molar-refractivity contribution in [2.75, 3.05) is 6.54 Å². The lowest BCUT2D eigenvalue weighted by Gasteiger charge is -2.32. The van der Waals surface area contributed by atoms with Gasteiger partial charge < -0.3 is 15.3 Å². The van der Waals surface area contributed by atoms with Crippen LogP contribution in [-0.4, -0.2) is 40.6 Å². The van der Waals surface area contributed by atoms with Gasteiger partial charge in [-0.15, -0.1) is 0 Å². The number of carboxylic acids is 1. The number of hydrogen-bond acceptors (Lipinski definition) is 2. The van der Waals surface area contributed by atoms with Crippen molar-refractivity contribution in [1.29, 1.82) is 0 Å². The van der Waals surface area contributed by atoms with Crippen molar-refractivity contribution < 1.29 is 14.7 Å². The average Bonchev–Trinajstić information content (AvgIpc) is 2.64. The number of carboxylic acid groups (broad SMARTS) is 1. The highest BCUT2D eigenvalue weighted by molar-refractivity contribution is 5.82. The summed E-state index contributed by atoms with van der Waals surface area (Å²) in [5, 5.41) is 12.4. The molecule has 2 rings (SSSR count). The zero-order valence-corrected chi connectivity index (χ0v) is 12.3. The Kier molecular flexibility index (Phi) is 5.26. The molecule has 0 aromatic rings. The van der Waals surface area contributed by atoms with Crippen LogP contribution in [0.4, 0.5) is 4.79 Å². The highest BCUT2D eigenvalue weighted by atomic mass is 16.4. The van der Waals surface area contributed by atoms with E-state index < -0.39 is 12.0 Å². The summed E-state index contributed by atoms with van der Waals surface area (Å²) in [6, 6.07) is -0.624. The number of hydrogen-bond donors (Lipinski definition) is 2. The Morgan fingerprint density at radius 2 is 1.90 bits per heavy atom. The summed E-state index contributed by atoms with van der Waals surface area (Å²) >= 11 is 0. The Bertz CT molecular complexity index is 359. The van der Waals surface area contributed by atoms with E-state index in [1.165, 1.54) is 11.3 Å². The maximum atomic E-state index is 12.4. The Balaban J connectivity index is 1.96. The van der Waals surface area contributed by atoms with Crippen LogP contribution in [0.1, 0.15) is 58.3 Å². The van der Waals surface area contributed by atoms with Gasteiger partial charge in [-0.25, -0.2) is 9.59 Å². The number of carbonyl (C=O) groups is 2. The molecule has 2 fully saturated rings. The lowest BCUT2D eigenvalue weighted by molar-refractivity contribution is -0.142. The van der Waals surface area contributed by atoms with Crippen LogP contribution < -0.4 is 5.32 Å². The van der Waals surface area contributed by atoms with Gasteiger partial charge in [0.2, 0.25) is 0 Å². The highest BCUT2D eigenvalue weighted by Crippen LogP contribution is 2.24. The lowest BCUT2D eigenvalue weighted by Crippen LogP contribution is -2.52. The smallest absolute Gasteiger partial charge is 0.326 e. The zero-order chi connectivity index (χ0) is 14.5. The Hall–Kier alpha value is -1.26. The number of amides is 2. The molecular formula is C15H26N2O3. The highest BCUT2D eigenvalue weighted by Gasteiger charge is 2.32. The molecule has 2 N–H and O–H groups in total. The zero-order valence-electron chi connectivity index (χ0n) is 12.3. The summed E-state index contributed by atoms with van der Waals surface area (Å²) in [7, 11) is 0. The van der Waals surface area contributed by atoms with Crippen molar-refractivity contribution in [3.63, 3.8) is 0 Å². The van der Waals surface area contributed by atoms with Crippen LogP contribution in [0.15, 0.2) is 0 Å². The van der Waals surface area contributed by atoms with Gasteiger partial charge >= 0.3 is 12.0 Å². The number of rotatable bonds is 2. The van der Waals surface area contributed by atoms with E-state index in [1.807, 2.05) is 0 Å². The molecule has 1 aliphatic carbocycles. The molecule has 5 nitrogen and oxygen atoms in total. The second-order valence-corrected chi connectivity index (χ2v) is 6.31. The first-order valence-corrected chi connectivity index (χ1v) is 7.88. The van der Waals surface area contributed by atoms with Crippen LogP contribution in [-0.2, 0) is 4.79 Å². The molecule has 3 unspecified atom stereocenters. The van der Waals surface area contributed by atoms with Crippen LogP contribution in [0.2, 0.25) is 0 Å². The monoisotopic (exact) mass is 282 g/mol. The fourth-order valence-corrected chi connectivity index (χ4v) is 3.43. The number of nitrogens with zero attached hydrogens (tertiary/aromatic N) is 1. The molecular weight excluding hydrogens is 256 g/mol. The van der Waals surface area contributed by atoms with Gasteiger partial charge in [-0.2, -0.15) is 0 Å². The van der Waals surface area contributed by atoms with Gasteiger partial charge in [-0.1, -0.05) is 32.6 Å². The first-order chi connectivity index (χ1) is 9.58. The van der Waals surface area contributed by atoms with E-state index >= 15 is 0 Å². The number of carbonyl (C=O) groups excluding carboxylic acids is 1. The average molecular weight is 282 g/mol. The standard InChI is InChI=1S/C15H26N2O3/c1-11-6-5-7-12(10-11)16-15(20)17-9-4-2-3-8-13(17)14(18)19/h11-13H,2-10H2,1H3,(H,16,20)(H,18,19). The Labute approximate surface area is 120 Å². The van der Waals surface area contributed by atoms with Crippen LogP contribution in [0, 0.1) is 5.92 Å². The molecule has 0 bridgehead atoms. The summed E-state index contributed by atoms with van der Waals surface area (Å²) in [5.41, 5.74) is 0. The van der Waals surface area contributed by atoms with E-state index in [1.54, 1.807) is 0 Å². The number of urea groups is 1. The Morgan fingerprint density at radius 1 is 1.10 bits per heavy atom. The summed E-state index contributed by atoms with van der Waals surface area (Å²) in [5.74, 6) is -0.229. The van der Waals surface area contributed by atoms with E-state index in [9.17, 15) is 14.7 Å². The van der Waals surface area contributed by atoms with Gasteiger partial charge in [-0.3, -0.25) is 0 Å². The largest absolute Gasteiger partial charge is 0.480 e. The first-order valence-electron chi connectivity index (χ1n) is 7.88. The van der Waals surface area contributed by atoms with Gasteiger partial charge in [0.25, 0.3) is 0 Å². The third-order valence-electron chi connectivity index (χ3n) is 4.56. The number of nitrogens with one attached hydrogen (secondary N) is 1. The van der Waals surface area contributed by atoms with Crippen molar-refractivity contribution in [3.8, 4) is 0 Å². The van der Waals surface area contributed by atoms with E-state index in [0.29, 0.717) is 18.9 Å². The quantitative estimate of drug-likeness (QED) is 0.818. The molecule has 5 heteroatoms. The molecule has 2 amide bonds. The van der Waals surface area contributed by atoms with Crippen molar-refractivity contribution in [1.82, 2.24) is 10.2 Å². The second-order valence-electron chi connectivity index (χ2n) is 6.31. The van der Waals surface area contributed by atoms with Crippen LogP contribution in [0.5, 0.6) is 0 Å². The maximum Gasteiger partial charge on any atom is 0.326 e. The van der Waals surface area contributed by atoms with E-state index in [2.05, 4.69) is 12.2 Å². The molecule has 1 saturated carbocycles. The van der Waals surface area contributed by atoms with Crippen molar-refractivity contribution in [3.05, 3.63) is 0 Å². The minimum Gasteiger partial charge on any atom is -0.480 e. The molecule has 2 aliphatic rings. The molecule has 1 heterocycles. The van der Waals surface area contributed by atoms with Crippen LogP contribution >= 0.6 is 0 Å². The molecule has 0 radical (unpaired) electrons. The van der Waals surface area contributed by atoms with Crippen molar-refractivity contribution in [2.24, 2.45) is 5.92 Å². The fraction of sp³-hybridized carbons (Fsp3) is 0.867. The third-order valence-corrected chi connectivity index (χ3v) is 4.56. The summed E-state index contributed by atoms with van der Waals surface area (Å²) in [6.45, 7) is 2.77. The van der Waals surface area contributed by atoms with E-state index in [0.717, 1.165) is 38.5 Å². The van der Waals surface area contributed by atoms with Crippen LogP contribution in [0.25, 0.3) is 0 Å². The van der Waals surface area contributed by atoms with Gasteiger partial charge in [-0.05, 0) is 31.6 Å². The minimum atomic E-state index is -0.876. The van der Waals surface area contributed by atoms with Gasteiger partial charge in [0.1, 0.15) is 6.04 Å². The molecule has 20 heavy (non-hydrogen) atoms. The topological polar surface area (TPSA) is 69.6 Å². The normalized spacial score (nSPS) is 31.4. The summed E-state index contributed by atoms with van der Waals surface area (Å²) in [4.78, 5) is 25.3. The first kappa shape index (κ1) is 15.1. The molecule has 1 aliphatic heterocycles. The predicted octanol–water partition coefficient (Wildman–Crippen LogP) is 2.60. The van der Waals surface area contributed by atoms with Gasteiger partial charge in [0.15, 0.2) is 0 Å². The predicted molar refractivity (Wildman–Crippen MR) is 76.5 cm³/mol. The SMILES string of the molecule is CC1CCCC(NC(=O)N2CCCCCC2C(=O)O)C1. The summed E-state index contributed by atoms with van der Waals surface area (Å²) in [6.07, 6.45) is 7.78. The molecule has 0 spiro atoms. The molecule has 114 valence electrons. The maximum absolute atomic E-state index is 12.4. The minimum absolute atomic E-state index is 0.182. The molecule has 3 atom stereocenters.